The summed E-state index contributed by atoms with van der Waals surface area (Å²) in [6.07, 6.45) is 10.5. The van der Waals surface area contributed by atoms with Gasteiger partial charge in [0.15, 0.2) is 0 Å². The van der Waals surface area contributed by atoms with E-state index in [0.717, 1.165) is 11.6 Å². The fraction of sp³-hybridized carbons (Fsp3) is 0.400. The summed E-state index contributed by atoms with van der Waals surface area (Å²) in [7, 11) is 0. The van der Waals surface area contributed by atoms with Crippen molar-refractivity contribution in [3.05, 3.63) is 40.2 Å². The molecular weight excluding hydrogens is 349 g/mol. The van der Waals surface area contributed by atoms with Crippen LogP contribution >= 0.6 is 22.6 Å². The van der Waals surface area contributed by atoms with Crippen LogP contribution in [0.3, 0.4) is 0 Å². The van der Waals surface area contributed by atoms with Crippen molar-refractivity contribution in [1.29, 1.82) is 0 Å². The highest BCUT2D eigenvalue weighted by Crippen LogP contribution is 2.22. The lowest BCUT2D eigenvalue weighted by Gasteiger charge is -2.23. The Morgan fingerprint density at radius 2 is 1.84 bits per heavy atom. The van der Waals surface area contributed by atoms with Gasteiger partial charge in [-0.15, -0.1) is 0 Å². The Balaban J connectivity index is 1.79. The Morgan fingerprint density at radius 3 is 2.58 bits per heavy atom. The molecule has 3 rings (SSSR count). The number of rotatable bonds is 3. The van der Waals surface area contributed by atoms with Crippen LogP contribution in [0.5, 0.6) is 0 Å². The molecule has 2 aromatic rings. The minimum absolute atomic E-state index is 0.582. The lowest BCUT2D eigenvalue weighted by atomic mass is 9.96. The predicted molar refractivity (Wildman–Crippen MR) is 86.8 cm³/mol. The van der Waals surface area contributed by atoms with Crippen molar-refractivity contribution < 1.29 is 0 Å². The Morgan fingerprint density at radius 1 is 1.11 bits per heavy atom. The molecule has 1 saturated carbocycles. The molecule has 0 bridgehead atoms. The maximum atomic E-state index is 4.46. The van der Waals surface area contributed by atoms with Gasteiger partial charge in [-0.2, -0.15) is 0 Å². The molecule has 1 N–H and O–H groups in total. The molecule has 1 heterocycles. The summed E-state index contributed by atoms with van der Waals surface area (Å²) in [6, 6.07) is 9.10. The summed E-state index contributed by atoms with van der Waals surface area (Å²) in [5.41, 5.74) is 1.16. The average molecular weight is 367 g/mol. The summed E-state index contributed by atoms with van der Waals surface area (Å²) < 4.78 is 3.38. The summed E-state index contributed by atoms with van der Waals surface area (Å²) in [6.45, 7) is 0. The number of anilines is 1. The first-order valence-corrected chi connectivity index (χ1v) is 7.96. The van der Waals surface area contributed by atoms with Gasteiger partial charge in [-0.25, -0.2) is 4.98 Å². The molecule has 100 valence electrons. The summed E-state index contributed by atoms with van der Waals surface area (Å²) in [5, 5.41) is 3.59. The van der Waals surface area contributed by atoms with Crippen molar-refractivity contribution in [2.75, 3.05) is 5.32 Å². The van der Waals surface area contributed by atoms with Gasteiger partial charge in [-0.3, -0.25) is 4.57 Å². The number of benzene rings is 1. The first-order valence-electron chi connectivity index (χ1n) is 6.89. The third kappa shape index (κ3) is 3.11. The highest BCUT2D eigenvalue weighted by Gasteiger charge is 2.15. The largest absolute Gasteiger partial charge is 0.353 e. The Labute approximate surface area is 127 Å². The molecule has 4 heteroatoms. The molecule has 0 atom stereocenters. The smallest absolute Gasteiger partial charge is 0.207 e. The van der Waals surface area contributed by atoms with Crippen molar-refractivity contribution >= 4 is 28.5 Å². The van der Waals surface area contributed by atoms with E-state index in [2.05, 4.69) is 61.7 Å². The molecule has 1 aromatic carbocycles. The van der Waals surface area contributed by atoms with Crippen molar-refractivity contribution in [2.45, 2.75) is 38.1 Å². The Bertz CT molecular complexity index is 527. The van der Waals surface area contributed by atoms with E-state index < -0.39 is 0 Å². The van der Waals surface area contributed by atoms with Crippen LogP contribution in [-0.2, 0) is 0 Å². The first kappa shape index (κ1) is 13.0. The normalized spacial score (nSPS) is 16.5. The quantitative estimate of drug-likeness (QED) is 0.824. The fourth-order valence-corrected chi connectivity index (χ4v) is 3.01. The summed E-state index contributed by atoms with van der Waals surface area (Å²) in [5.74, 6) is 0.966. The van der Waals surface area contributed by atoms with Gasteiger partial charge in [0.1, 0.15) is 0 Å². The van der Waals surface area contributed by atoms with Gasteiger partial charge in [0.05, 0.1) is 0 Å². The zero-order valence-electron chi connectivity index (χ0n) is 10.8. The lowest BCUT2D eigenvalue weighted by molar-refractivity contribution is 0.460. The van der Waals surface area contributed by atoms with Gasteiger partial charge in [0.25, 0.3) is 0 Å². The highest BCUT2D eigenvalue weighted by molar-refractivity contribution is 14.1. The van der Waals surface area contributed by atoms with Gasteiger partial charge in [0.2, 0.25) is 5.95 Å². The number of aromatic nitrogens is 2. The number of hydrogen-bond acceptors (Lipinski definition) is 2. The Hall–Kier alpha value is -1.04. The molecule has 1 aliphatic rings. The number of imidazole rings is 1. The third-order valence-electron chi connectivity index (χ3n) is 3.68. The molecule has 1 aliphatic carbocycles. The van der Waals surface area contributed by atoms with E-state index in [1.54, 1.807) is 0 Å². The SMILES string of the molecule is Ic1ccc(-n2ccnc2NC2CCCCC2)cc1. The number of nitrogens with one attached hydrogen (secondary N) is 1. The molecule has 0 saturated heterocycles. The summed E-state index contributed by atoms with van der Waals surface area (Å²) >= 11 is 2.33. The van der Waals surface area contributed by atoms with Crippen LogP contribution in [0.1, 0.15) is 32.1 Å². The standard InChI is InChI=1S/C15H18IN3/c16-12-6-8-14(9-7-12)19-11-10-17-15(19)18-13-4-2-1-3-5-13/h6-11,13H,1-5H2,(H,17,18). The van der Waals surface area contributed by atoms with Crippen molar-refractivity contribution in [3.8, 4) is 5.69 Å². The van der Waals surface area contributed by atoms with Gasteiger partial charge in [0, 0.05) is 27.7 Å². The van der Waals surface area contributed by atoms with Gasteiger partial charge >= 0.3 is 0 Å². The van der Waals surface area contributed by atoms with E-state index in [1.165, 1.54) is 35.7 Å². The van der Waals surface area contributed by atoms with Gasteiger partial charge in [-0.05, 0) is 59.7 Å². The van der Waals surface area contributed by atoms with Gasteiger partial charge < -0.3 is 5.32 Å². The lowest BCUT2D eigenvalue weighted by Crippen LogP contribution is -2.24. The second kappa shape index (κ2) is 5.94. The molecule has 1 aromatic heterocycles. The predicted octanol–water partition coefficient (Wildman–Crippen LogP) is 4.22. The second-order valence-electron chi connectivity index (χ2n) is 5.08. The van der Waals surface area contributed by atoms with Crippen molar-refractivity contribution in [1.82, 2.24) is 9.55 Å². The molecular formula is C15H18IN3. The fourth-order valence-electron chi connectivity index (χ4n) is 2.65. The van der Waals surface area contributed by atoms with Crippen LogP contribution in [-0.4, -0.2) is 15.6 Å². The van der Waals surface area contributed by atoms with E-state index in [0.29, 0.717) is 6.04 Å². The molecule has 0 aliphatic heterocycles. The number of halogens is 1. The van der Waals surface area contributed by atoms with E-state index in [-0.39, 0.29) is 0 Å². The van der Waals surface area contributed by atoms with Crippen LogP contribution < -0.4 is 5.32 Å². The van der Waals surface area contributed by atoms with E-state index >= 15 is 0 Å². The van der Waals surface area contributed by atoms with Crippen LogP contribution in [0, 0.1) is 3.57 Å². The molecule has 0 amide bonds. The summed E-state index contributed by atoms with van der Waals surface area (Å²) in [4.78, 5) is 4.46. The van der Waals surface area contributed by atoms with Crippen LogP contribution in [0.25, 0.3) is 5.69 Å². The molecule has 0 radical (unpaired) electrons. The number of hydrogen-bond donors (Lipinski definition) is 1. The van der Waals surface area contributed by atoms with Crippen LogP contribution in [0.4, 0.5) is 5.95 Å². The van der Waals surface area contributed by atoms with Crippen LogP contribution in [0.15, 0.2) is 36.7 Å². The van der Waals surface area contributed by atoms with Crippen LogP contribution in [0.2, 0.25) is 0 Å². The van der Waals surface area contributed by atoms with Crippen molar-refractivity contribution in [3.63, 3.8) is 0 Å². The molecule has 19 heavy (non-hydrogen) atoms. The second-order valence-corrected chi connectivity index (χ2v) is 6.32. The maximum absolute atomic E-state index is 4.46. The highest BCUT2D eigenvalue weighted by atomic mass is 127. The van der Waals surface area contributed by atoms with E-state index in [9.17, 15) is 0 Å². The molecule has 3 nitrogen and oxygen atoms in total. The van der Waals surface area contributed by atoms with E-state index in [4.69, 9.17) is 0 Å². The average Bonchev–Trinajstić information content (AvgIpc) is 2.89. The minimum Gasteiger partial charge on any atom is -0.353 e. The monoisotopic (exact) mass is 367 g/mol. The topological polar surface area (TPSA) is 29.9 Å². The first-order chi connectivity index (χ1) is 9.33. The van der Waals surface area contributed by atoms with E-state index in [1.807, 2.05) is 12.4 Å². The zero-order chi connectivity index (χ0) is 13.1. The molecule has 0 spiro atoms. The molecule has 0 unspecified atom stereocenters. The molecule has 1 fully saturated rings. The number of nitrogens with zero attached hydrogens (tertiary/aromatic N) is 2. The van der Waals surface area contributed by atoms with Gasteiger partial charge in [-0.1, -0.05) is 19.3 Å². The zero-order valence-corrected chi connectivity index (χ0v) is 13.0. The minimum atomic E-state index is 0.582. The Kier molecular flexibility index (Phi) is 4.06. The van der Waals surface area contributed by atoms with Crippen molar-refractivity contribution in [2.24, 2.45) is 0 Å². The third-order valence-corrected chi connectivity index (χ3v) is 4.40. The maximum Gasteiger partial charge on any atom is 0.207 e.